The Labute approximate surface area is 204 Å². The van der Waals surface area contributed by atoms with Crippen molar-refractivity contribution in [3.05, 3.63) is 101 Å². The molecular formula is C29H27NO5. The third kappa shape index (κ3) is 4.39. The fraction of sp³-hybridized carbons (Fsp3) is 0.241. The van der Waals surface area contributed by atoms with Crippen LogP contribution in [0.1, 0.15) is 35.2 Å². The van der Waals surface area contributed by atoms with Gasteiger partial charge < -0.3 is 19.5 Å². The second-order valence-corrected chi connectivity index (χ2v) is 8.68. The number of ether oxygens (including phenoxy) is 2. The quantitative estimate of drug-likeness (QED) is 0.322. The van der Waals surface area contributed by atoms with Crippen LogP contribution in [0, 0.1) is 0 Å². The van der Waals surface area contributed by atoms with Crippen molar-refractivity contribution >= 4 is 17.4 Å². The van der Waals surface area contributed by atoms with Gasteiger partial charge in [0.1, 0.15) is 19.0 Å². The minimum absolute atomic E-state index is 0.0870. The van der Waals surface area contributed by atoms with Crippen LogP contribution in [-0.4, -0.2) is 41.5 Å². The molecule has 0 aromatic heterocycles. The maximum Gasteiger partial charge on any atom is 0.295 e. The number of likely N-dealkylation sites (tertiary alicyclic amines) is 1. The molecule has 2 aliphatic heterocycles. The lowest BCUT2D eigenvalue weighted by molar-refractivity contribution is -0.139. The SMILES string of the molecule is CCc1ccc([C@@H]2/C(=C(\O)c3ccc4c(c3)OCCO4)C(=O)C(=O)N2CCc2ccccc2)cc1. The fourth-order valence-electron chi connectivity index (χ4n) is 4.63. The number of aliphatic hydroxyl groups excluding tert-OH is 1. The van der Waals surface area contributed by atoms with Crippen molar-refractivity contribution in [2.24, 2.45) is 0 Å². The molecule has 0 radical (unpaired) electrons. The summed E-state index contributed by atoms with van der Waals surface area (Å²) in [5.74, 6) is -0.419. The van der Waals surface area contributed by atoms with Gasteiger partial charge in [-0.2, -0.15) is 0 Å². The smallest absolute Gasteiger partial charge is 0.295 e. The first-order valence-corrected chi connectivity index (χ1v) is 11.9. The number of hydrogen-bond acceptors (Lipinski definition) is 5. The minimum atomic E-state index is -0.685. The fourth-order valence-corrected chi connectivity index (χ4v) is 4.63. The lowest BCUT2D eigenvalue weighted by atomic mass is 9.94. The summed E-state index contributed by atoms with van der Waals surface area (Å²) >= 11 is 0. The van der Waals surface area contributed by atoms with E-state index in [2.05, 4.69) is 6.92 Å². The monoisotopic (exact) mass is 469 g/mol. The Hall–Kier alpha value is -4.06. The molecule has 1 amide bonds. The van der Waals surface area contributed by atoms with Gasteiger partial charge in [-0.15, -0.1) is 0 Å². The van der Waals surface area contributed by atoms with Crippen LogP contribution in [0.2, 0.25) is 0 Å². The van der Waals surface area contributed by atoms with Gasteiger partial charge in [-0.1, -0.05) is 61.5 Å². The van der Waals surface area contributed by atoms with E-state index >= 15 is 0 Å². The highest BCUT2D eigenvalue weighted by Crippen LogP contribution is 2.41. The van der Waals surface area contributed by atoms with E-state index in [1.807, 2.05) is 54.6 Å². The molecule has 1 fully saturated rings. The number of aryl methyl sites for hydroxylation is 1. The van der Waals surface area contributed by atoms with Crippen LogP contribution in [0.3, 0.4) is 0 Å². The predicted octanol–water partition coefficient (Wildman–Crippen LogP) is 4.68. The zero-order valence-corrected chi connectivity index (χ0v) is 19.6. The summed E-state index contributed by atoms with van der Waals surface area (Å²) in [6, 6.07) is 22.1. The molecule has 6 nitrogen and oxygen atoms in total. The molecule has 0 aliphatic carbocycles. The lowest BCUT2D eigenvalue weighted by Crippen LogP contribution is -2.31. The van der Waals surface area contributed by atoms with Crippen molar-refractivity contribution in [2.75, 3.05) is 19.8 Å². The maximum atomic E-state index is 13.3. The summed E-state index contributed by atoms with van der Waals surface area (Å²) in [5.41, 5.74) is 3.51. The molecule has 0 saturated carbocycles. The van der Waals surface area contributed by atoms with E-state index in [9.17, 15) is 14.7 Å². The second kappa shape index (κ2) is 9.66. The Morgan fingerprint density at radius 2 is 1.63 bits per heavy atom. The van der Waals surface area contributed by atoms with Gasteiger partial charge in [-0.25, -0.2) is 0 Å². The number of fused-ring (bicyclic) bond motifs is 1. The first-order valence-electron chi connectivity index (χ1n) is 11.9. The van der Waals surface area contributed by atoms with Gasteiger partial charge in [-0.05, 0) is 47.7 Å². The minimum Gasteiger partial charge on any atom is -0.507 e. The molecule has 3 aromatic rings. The predicted molar refractivity (Wildman–Crippen MR) is 132 cm³/mol. The molecule has 35 heavy (non-hydrogen) atoms. The van der Waals surface area contributed by atoms with Gasteiger partial charge in [0.2, 0.25) is 0 Å². The zero-order valence-electron chi connectivity index (χ0n) is 19.6. The maximum absolute atomic E-state index is 13.3. The third-order valence-electron chi connectivity index (χ3n) is 6.54. The average molecular weight is 470 g/mol. The number of carbonyl (C=O) groups excluding carboxylic acids is 2. The van der Waals surface area contributed by atoms with E-state index in [1.54, 1.807) is 23.1 Å². The van der Waals surface area contributed by atoms with E-state index in [4.69, 9.17) is 9.47 Å². The van der Waals surface area contributed by atoms with Gasteiger partial charge in [0.05, 0.1) is 11.6 Å². The normalized spacial score (nSPS) is 18.7. The molecule has 1 saturated heterocycles. The molecule has 1 N–H and O–H groups in total. The van der Waals surface area contributed by atoms with Crippen molar-refractivity contribution in [3.8, 4) is 11.5 Å². The number of rotatable bonds is 6. The summed E-state index contributed by atoms with van der Waals surface area (Å²) in [4.78, 5) is 28.0. The van der Waals surface area contributed by atoms with Crippen LogP contribution in [-0.2, 0) is 22.4 Å². The summed E-state index contributed by atoms with van der Waals surface area (Å²) in [6.45, 7) is 3.29. The van der Waals surface area contributed by atoms with Crippen molar-refractivity contribution in [1.29, 1.82) is 0 Å². The highest BCUT2D eigenvalue weighted by Gasteiger charge is 2.45. The molecule has 1 atom stereocenters. The average Bonchev–Trinajstić information content (AvgIpc) is 3.16. The first kappa shape index (κ1) is 22.7. The van der Waals surface area contributed by atoms with Gasteiger partial charge >= 0.3 is 0 Å². The van der Waals surface area contributed by atoms with Crippen LogP contribution in [0.15, 0.2) is 78.4 Å². The highest BCUT2D eigenvalue weighted by molar-refractivity contribution is 6.46. The standard InChI is InChI=1S/C29H27NO5/c1-2-19-8-10-21(11-9-19)26-25(27(31)22-12-13-23-24(18-22)35-17-16-34-23)28(32)29(33)30(26)15-14-20-6-4-3-5-7-20/h3-13,18,26,31H,2,14-17H2,1H3/b27-25+/t26-/m1/s1. The van der Waals surface area contributed by atoms with E-state index in [0.717, 1.165) is 23.1 Å². The van der Waals surface area contributed by atoms with Gasteiger partial charge in [-0.3, -0.25) is 9.59 Å². The van der Waals surface area contributed by atoms with Gasteiger partial charge in [0, 0.05) is 12.1 Å². The Morgan fingerprint density at radius 1 is 0.914 bits per heavy atom. The highest BCUT2D eigenvalue weighted by atomic mass is 16.6. The van der Waals surface area contributed by atoms with Crippen molar-refractivity contribution in [3.63, 3.8) is 0 Å². The molecule has 0 spiro atoms. The summed E-state index contributed by atoms with van der Waals surface area (Å²) in [7, 11) is 0. The second-order valence-electron chi connectivity index (χ2n) is 8.68. The molecule has 0 unspecified atom stereocenters. The molecule has 178 valence electrons. The van der Waals surface area contributed by atoms with E-state index in [0.29, 0.717) is 43.2 Å². The van der Waals surface area contributed by atoms with Gasteiger partial charge in [0.25, 0.3) is 11.7 Å². The van der Waals surface area contributed by atoms with Crippen LogP contribution in [0.25, 0.3) is 5.76 Å². The third-order valence-corrected chi connectivity index (χ3v) is 6.54. The zero-order chi connectivity index (χ0) is 24.4. The Morgan fingerprint density at radius 3 is 2.34 bits per heavy atom. The molecule has 6 heteroatoms. The number of benzene rings is 3. The number of nitrogens with zero attached hydrogens (tertiary/aromatic N) is 1. The van der Waals surface area contributed by atoms with Crippen molar-refractivity contribution in [1.82, 2.24) is 4.90 Å². The van der Waals surface area contributed by atoms with Crippen LogP contribution in [0.4, 0.5) is 0 Å². The van der Waals surface area contributed by atoms with Crippen LogP contribution in [0.5, 0.6) is 11.5 Å². The summed E-state index contributed by atoms with van der Waals surface area (Å²) in [6.07, 6.45) is 1.48. The number of carbonyl (C=O) groups is 2. The number of amides is 1. The molecule has 2 aliphatic rings. The van der Waals surface area contributed by atoms with E-state index < -0.39 is 17.7 Å². The molecule has 3 aromatic carbocycles. The van der Waals surface area contributed by atoms with Crippen LogP contribution >= 0.6 is 0 Å². The molecular weight excluding hydrogens is 442 g/mol. The summed E-state index contributed by atoms with van der Waals surface area (Å²) in [5, 5.41) is 11.3. The topological polar surface area (TPSA) is 76.1 Å². The Balaban J connectivity index is 1.57. The Bertz CT molecular complexity index is 1280. The van der Waals surface area contributed by atoms with Crippen molar-refractivity contribution in [2.45, 2.75) is 25.8 Å². The Kier molecular flexibility index (Phi) is 6.27. The van der Waals surface area contributed by atoms with Crippen molar-refractivity contribution < 1.29 is 24.2 Å². The number of aliphatic hydroxyl groups is 1. The number of ketones is 1. The van der Waals surface area contributed by atoms with Gasteiger partial charge in [0.15, 0.2) is 11.5 Å². The van der Waals surface area contributed by atoms with E-state index in [-0.39, 0.29) is 11.3 Å². The first-order chi connectivity index (χ1) is 17.1. The summed E-state index contributed by atoms with van der Waals surface area (Å²) < 4.78 is 11.2. The largest absolute Gasteiger partial charge is 0.507 e. The molecule has 0 bridgehead atoms. The number of Topliss-reactive ketones (excluding diaryl/α,β-unsaturated/α-hetero) is 1. The molecule has 2 heterocycles. The van der Waals surface area contributed by atoms with E-state index in [1.165, 1.54) is 0 Å². The molecule has 5 rings (SSSR count). The number of hydrogen-bond donors (Lipinski definition) is 1. The van der Waals surface area contributed by atoms with Crippen LogP contribution < -0.4 is 9.47 Å². The lowest BCUT2D eigenvalue weighted by Gasteiger charge is -2.26.